The normalized spacial score (nSPS) is 11.9. The van der Waals surface area contributed by atoms with Gasteiger partial charge in [0, 0.05) is 25.1 Å². The summed E-state index contributed by atoms with van der Waals surface area (Å²) in [6, 6.07) is 8.91. The lowest BCUT2D eigenvalue weighted by Crippen LogP contribution is -2.32. The molecule has 0 saturated carbocycles. The summed E-state index contributed by atoms with van der Waals surface area (Å²) in [5, 5.41) is 2.72. The summed E-state index contributed by atoms with van der Waals surface area (Å²) in [6.45, 7) is 0.0408. The van der Waals surface area contributed by atoms with E-state index in [-0.39, 0.29) is 12.5 Å². The number of ether oxygens (including phenoxy) is 1. The minimum Gasteiger partial charge on any atom is -0.468 e. The van der Waals surface area contributed by atoms with Crippen molar-refractivity contribution in [2.24, 2.45) is 0 Å². The van der Waals surface area contributed by atoms with Crippen LogP contribution < -0.4 is 5.32 Å². The molecule has 0 aliphatic rings. The fourth-order valence-electron chi connectivity index (χ4n) is 2.53. The molecule has 3 rings (SSSR count). The van der Waals surface area contributed by atoms with Gasteiger partial charge < -0.3 is 14.5 Å². The highest BCUT2D eigenvalue weighted by Crippen LogP contribution is 2.17. The zero-order chi connectivity index (χ0) is 17.8. The monoisotopic (exact) mass is 341 g/mol. The number of nitrogens with one attached hydrogen (secondary N) is 1. The number of hydrogen-bond acceptors (Lipinski definition) is 4. The zero-order valence-electron chi connectivity index (χ0n) is 13.5. The van der Waals surface area contributed by atoms with Gasteiger partial charge in [-0.05, 0) is 29.8 Å². The topological polar surface area (TPSA) is 72.7 Å². The van der Waals surface area contributed by atoms with Gasteiger partial charge in [0.2, 0.25) is 0 Å². The molecule has 1 N–H and O–H groups in total. The van der Waals surface area contributed by atoms with Gasteiger partial charge >= 0.3 is 5.97 Å². The molecule has 0 bridgehead atoms. The van der Waals surface area contributed by atoms with Crippen LogP contribution in [0.15, 0.2) is 55.0 Å². The van der Waals surface area contributed by atoms with Crippen molar-refractivity contribution in [3.05, 3.63) is 71.9 Å². The van der Waals surface area contributed by atoms with Crippen LogP contribution in [0.1, 0.15) is 21.8 Å². The van der Waals surface area contributed by atoms with Gasteiger partial charge in [0.15, 0.2) is 0 Å². The first kappa shape index (κ1) is 16.6. The molecule has 0 aliphatic carbocycles. The van der Waals surface area contributed by atoms with Crippen molar-refractivity contribution in [2.45, 2.75) is 5.92 Å². The molecular formula is C18H16FN3O3. The van der Waals surface area contributed by atoms with E-state index in [1.165, 1.54) is 31.4 Å². The number of amides is 1. The standard InChI is InChI=1S/C18H16FN3O3/c1-25-18(24)15(12-2-5-14(19)6-3-12)10-21-17(23)13-4-7-16-20-8-9-22(16)11-13/h2-9,11,15H,10H2,1H3,(H,21,23). The molecule has 0 radical (unpaired) electrons. The van der Waals surface area contributed by atoms with Crippen LogP contribution in [0, 0.1) is 5.82 Å². The van der Waals surface area contributed by atoms with Crippen LogP contribution in [-0.4, -0.2) is 34.9 Å². The van der Waals surface area contributed by atoms with E-state index in [0.29, 0.717) is 11.1 Å². The molecule has 2 heterocycles. The molecule has 1 unspecified atom stereocenters. The van der Waals surface area contributed by atoms with Gasteiger partial charge in [0.05, 0.1) is 18.6 Å². The second-order valence-corrected chi connectivity index (χ2v) is 5.45. The Morgan fingerprint density at radius 2 is 2.00 bits per heavy atom. The van der Waals surface area contributed by atoms with Crippen molar-refractivity contribution < 1.29 is 18.7 Å². The molecule has 0 spiro atoms. The first-order chi connectivity index (χ1) is 12.1. The molecule has 1 amide bonds. The molecule has 128 valence electrons. The number of hydrogen-bond donors (Lipinski definition) is 1. The first-order valence-corrected chi connectivity index (χ1v) is 7.62. The summed E-state index contributed by atoms with van der Waals surface area (Å²) in [7, 11) is 1.27. The highest BCUT2D eigenvalue weighted by atomic mass is 19.1. The van der Waals surface area contributed by atoms with Gasteiger partial charge in [0.1, 0.15) is 11.5 Å². The number of benzene rings is 1. The van der Waals surface area contributed by atoms with Crippen LogP contribution >= 0.6 is 0 Å². The highest BCUT2D eigenvalue weighted by Gasteiger charge is 2.22. The fourth-order valence-corrected chi connectivity index (χ4v) is 2.53. The molecule has 0 aliphatic heterocycles. The molecule has 3 aromatic rings. The molecule has 7 heteroatoms. The number of carbonyl (C=O) groups excluding carboxylic acids is 2. The lowest BCUT2D eigenvalue weighted by Gasteiger charge is -2.16. The Kier molecular flexibility index (Phi) is 4.74. The summed E-state index contributed by atoms with van der Waals surface area (Å²) in [4.78, 5) is 28.5. The van der Waals surface area contributed by atoms with Crippen LogP contribution in [0.4, 0.5) is 4.39 Å². The molecule has 1 aromatic carbocycles. The number of fused-ring (bicyclic) bond motifs is 1. The number of nitrogens with zero attached hydrogens (tertiary/aromatic N) is 2. The van der Waals surface area contributed by atoms with E-state index in [4.69, 9.17) is 4.74 Å². The number of aromatic nitrogens is 2. The van der Waals surface area contributed by atoms with Crippen molar-refractivity contribution in [1.82, 2.24) is 14.7 Å². The fraction of sp³-hybridized carbons (Fsp3) is 0.167. The first-order valence-electron chi connectivity index (χ1n) is 7.62. The Morgan fingerprint density at radius 3 is 2.72 bits per heavy atom. The van der Waals surface area contributed by atoms with Gasteiger partial charge in [0.25, 0.3) is 5.91 Å². The smallest absolute Gasteiger partial charge is 0.314 e. The second kappa shape index (κ2) is 7.12. The van der Waals surface area contributed by atoms with Crippen molar-refractivity contribution in [3.8, 4) is 0 Å². The Labute approximate surface area is 143 Å². The summed E-state index contributed by atoms with van der Waals surface area (Å²) in [5.41, 5.74) is 1.74. The van der Waals surface area contributed by atoms with Gasteiger partial charge in [-0.15, -0.1) is 0 Å². The number of carbonyl (C=O) groups is 2. The van der Waals surface area contributed by atoms with Crippen molar-refractivity contribution >= 4 is 17.5 Å². The Morgan fingerprint density at radius 1 is 1.24 bits per heavy atom. The molecule has 25 heavy (non-hydrogen) atoms. The van der Waals surface area contributed by atoms with Crippen molar-refractivity contribution in [1.29, 1.82) is 0 Å². The largest absolute Gasteiger partial charge is 0.468 e. The van der Waals surface area contributed by atoms with E-state index < -0.39 is 17.7 Å². The number of pyridine rings is 1. The second-order valence-electron chi connectivity index (χ2n) is 5.45. The van der Waals surface area contributed by atoms with E-state index in [0.717, 1.165) is 5.65 Å². The maximum atomic E-state index is 13.1. The van der Waals surface area contributed by atoms with E-state index >= 15 is 0 Å². The van der Waals surface area contributed by atoms with Gasteiger partial charge in [-0.1, -0.05) is 12.1 Å². The number of halogens is 1. The number of rotatable bonds is 5. The predicted octanol–water partition coefficient (Wildman–Crippen LogP) is 2.16. The molecule has 2 aromatic heterocycles. The van der Waals surface area contributed by atoms with Crippen LogP contribution in [0.3, 0.4) is 0 Å². The van der Waals surface area contributed by atoms with E-state index in [1.807, 2.05) is 0 Å². The molecule has 6 nitrogen and oxygen atoms in total. The lowest BCUT2D eigenvalue weighted by atomic mass is 9.99. The quantitative estimate of drug-likeness (QED) is 0.722. The maximum absolute atomic E-state index is 13.1. The Balaban J connectivity index is 1.74. The average molecular weight is 341 g/mol. The van der Waals surface area contributed by atoms with Gasteiger partial charge in [-0.3, -0.25) is 9.59 Å². The zero-order valence-corrected chi connectivity index (χ0v) is 13.5. The van der Waals surface area contributed by atoms with Crippen LogP contribution in [-0.2, 0) is 9.53 Å². The number of imidazole rings is 1. The van der Waals surface area contributed by atoms with Crippen LogP contribution in [0.5, 0.6) is 0 Å². The van der Waals surface area contributed by atoms with Gasteiger partial charge in [-0.25, -0.2) is 9.37 Å². The minimum atomic E-state index is -0.716. The third-order valence-electron chi connectivity index (χ3n) is 3.88. The summed E-state index contributed by atoms with van der Waals surface area (Å²) in [5.74, 6) is -1.94. The number of esters is 1. The summed E-state index contributed by atoms with van der Waals surface area (Å²) >= 11 is 0. The van der Waals surface area contributed by atoms with E-state index in [9.17, 15) is 14.0 Å². The minimum absolute atomic E-state index is 0.0408. The van der Waals surface area contributed by atoms with Crippen LogP contribution in [0.25, 0.3) is 5.65 Å². The Hall–Kier alpha value is -3.22. The number of methoxy groups -OCH3 is 1. The molecule has 0 saturated heterocycles. The third kappa shape index (κ3) is 3.65. The average Bonchev–Trinajstić information content (AvgIpc) is 3.10. The lowest BCUT2D eigenvalue weighted by molar-refractivity contribution is -0.142. The predicted molar refractivity (Wildman–Crippen MR) is 88.7 cm³/mol. The molecular weight excluding hydrogens is 325 g/mol. The summed E-state index contributed by atoms with van der Waals surface area (Å²) < 4.78 is 19.6. The summed E-state index contributed by atoms with van der Waals surface area (Å²) in [6.07, 6.45) is 5.03. The maximum Gasteiger partial charge on any atom is 0.314 e. The third-order valence-corrected chi connectivity index (χ3v) is 3.88. The van der Waals surface area contributed by atoms with E-state index in [1.54, 1.807) is 35.1 Å². The van der Waals surface area contributed by atoms with Crippen molar-refractivity contribution in [2.75, 3.05) is 13.7 Å². The SMILES string of the molecule is COC(=O)C(CNC(=O)c1ccc2nccn2c1)c1ccc(F)cc1. The van der Waals surface area contributed by atoms with E-state index in [2.05, 4.69) is 10.3 Å². The van der Waals surface area contributed by atoms with Gasteiger partial charge in [-0.2, -0.15) is 0 Å². The molecule has 0 fully saturated rings. The highest BCUT2D eigenvalue weighted by molar-refractivity contribution is 5.94. The Bertz CT molecular complexity index is 905. The molecule has 1 atom stereocenters. The van der Waals surface area contributed by atoms with Crippen LogP contribution in [0.2, 0.25) is 0 Å². The van der Waals surface area contributed by atoms with Crippen molar-refractivity contribution in [3.63, 3.8) is 0 Å².